The molecule has 23 heavy (non-hydrogen) atoms. The first kappa shape index (κ1) is 17.2. The number of carbonyl (C=O) groups excluding carboxylic acids is 2. The lowest BCUT2D eigenvalue weighted by molar-refractivity contribution is -0.149. The second-order valence-electron chi connectivity index (χ2n) is 4.62. The fourth-order valence-corrected chi connectivity index (χ4v) is 2.36. The summed E-state index contributed by atoms with van der Waals surface area (Å²) in [5.41, 5.74) is 0.712. The Morgan fingerprint density at radius 1 is 1.39 bits per heavy atom. The number of nitrogens with zero attached hydrogens (tertiary/aromatic N) is 4. The van der Waals surface area contributed by atoms with Crippen LogP contribution in [-0.4, -0.2) is 38.7 Å². The molecule has 0 radical (unpaired) electrons. The van der Waals surface area contributed by atoms with Gasteiger partial charge < -0.3 is 10.1 Å². The largest absolute Gasteiger partial charge is 0.454 e. The number of aromatic nitrogens is 4. The van der Waals surface area contributed by atoms with E-state index < -0.39 is 18.5 Å². The number of nitrogens with one attached hydrogen (secondary N) is 1. The Balaban J connectivity index is 1.81. The highest BCUT2D eigenvalue weighted by molar-refractivity contribution is 6.35. The van der Waals surface area contributed by atoms with E-state index in [-0.39, 0.29) is 12.6 Å². The van der Waals surface area contributed by atoms with Crippen LogP contribution >= 0.6 is 23.2 Å². The molecule has 0 saturated heterocycles. The molecule has 0 aliphatic heterocycles. The molecular formula is C13H13Cl2N5O3. The van der Waals surface area contributed by atoms with Crippen molar-refractivity contribution in [1.29, 1.82) is 0 Å². The smallest absolute Gasteiger partial charge is 0.328 e. The average molecular weight is 358 g/mol. The number of carbonyl (C=O) groups is 2. The van der Waals surface area contributed by atoms with Crippen molar-refractivity contribution in [1.82, 2.24) is 25.5 Å². The number of rotatable bonds is 6. The van der Waals surface area contributed by atoms with E-state index in [1.165, 1.54) is 11.0 Å². The molecule has 1 aromatic heterocycles. The number of halogens is 2. The van der Waals surface area contributed by atoms with Crippen LogP contribution in [0, 0.1) is 0 Å². The number of tetrazole rings is 1. The van der Waals surface area contributed by atoms with Crippen molar-refractivity contribution >= 4 is 35.1 Å². The van der Waals surface area contributed by atoms with Gasteiger partial charge in [-0.3, -0.25) is 9.59 Å². The summed E-state index contributed by atoms with van der Waals surface area (Å²) in [4.78, 5) is 23.3. The van der Waals surface area contributed by atoms with Crippen molar-refractivity contribution in [3.63, 3.8) is 0 Å². The molecule has 1 aromatic carbocycles. The Bertz CT molecular complexity index is 693. The van der Waals surface area contributed by atoms with Crippen molar-refractivity contribution < 1.29 is 14.3 Å². The van der Waals surface area contributed by atoms with E-state index in [4.69, 9.17) is 27.9 Å². The third-order valence-electron chi connectivity index (χ3n) is 2.85. The Hall–Kier alpha value is -2.19. The Morgan fingerprint density at radius 2 is 2.17 bits per heavy atom. The molecule has 0 spiro atoms. The summed E-state index contributed by atoms with van der Waals surface area (Å²) in [6, 6.07) is 4.63. The van der Waals surface area contributed by atoms with Gasteiger partial charge in [0, 0.05) is 10.0 Å². The Labute approximate surface area is 141 Å². The number of amides is 1. The van der Waals surface area contributed by atoms with E-state index in [1.807, 2.05) is 0 Å². The van der Waals surface area contributed by atoms with Crippen LogP contribution in [0.25, 0.3) is 0 Å². The van der Waals surface area contributed by atoms with E-state index in [9.17, 15) is 9.59 Å². The van der Waals surface area contributed by atoms with Crippen LogP contribution in [0.2, 0.25) is 10.0 Å². The summed E-state index contributed by atoms with van der Waals surface area (Å²) in [7, 11) is 0. The zero-order chi connectivity index (χ0) is 16.8. The number of esters is 1. The molecular weight excluding hydrogens is 345 g/mol. The van der Waals surface area contributed by atoms with Crippen molar-refractivity contribution in [2.45, 2.75) is 19.5 Å². The van der Waals surface area contributed by atoms with Gasteiger partial charge in [0.1, 0.15) is 12.9 Å². The number of hydrogen-bond donors (Lipinski definition) is 1. The van der Waals surface area contributed by atoms with Crippen LogP contribution in [0.5, 0.6) is 0 Å². The highest BCUT2D eigenvalue weighted by atomic mass is 35.5. The molecule has 0 fully saturated rings. The maximum absolute atomic E-state index is 11.8. The molecule has 1 N–H and O–H groups in total. The van der Waals surface area contributed by atoms with E-state index in [1.54, 1.807) is 25.1 Å². The van der Waals surface area contributed by atoms with Crippen molar-refractivity contribution in [3.05, 3.63) is 40.1 Å². The van der Waals surface area contributed by atoms with Gasteiger partial charge in [0.2, 0.25) is 0 Å². The Kier molecular flexibility index (Phi) is 5.89. The number of hydrogen-bond acceptors (Lipinski definition) is 6. The SMILES string of the molecule is C[C@@H](NC(=O)COC(=O)Cn1cnnn1)c1ccc(Cl)cc1Cl. The molecule has 8 nitrogen and oxygen atoms in total. The van der Waals surface area contributed by atoms with Crippen LogP contribution in [0.3, 0.4) is 0 Å². The third-order valence-corrected chi connectivity index (χ3v) is 3.42. The molecule has 2 rings (SSSR count). The van der Waals surface area contributed by atoms with E-state index in [0.717, 1.165) is 0 Å². The van der Waals surface area contributed by atoms with Gasteiger partial charge >= 0.3 is 5.97 Å². The molecule has 1 atom stereocenters. The molecule has 122 valence electrons. The minimum Gasteiger partial charge on any atom is -0.454 e. The van der Waals surface area contributed by atoms with E-state index in [0.29, 0.717) is 15.6 Å². The average Bonchev–Trinajstić information content (AvgIpc) is 2.97. The highest BCUT2D eigenvalue weighted by Crippen LogP contribution is 2.25. The lowest BCUT2D eigenvalue weighted by atomic mass is 10.1. The fraction of sp³-hybridized carbons (Fsp3) is 0.308. The predicted molar refractivity (Wildman–Crippen MR) is 81.8 cm³/mol. The first-order valence-electron chi connectivity index (χ1n) is 6.56. The summed E-state index contributed by atoms with van der Waals surface area (Å²) < 4.78 is 6.03. The van der Waals surface area contributed by atoms with Gasteiger partial charge in [0.25, 0.3) is 5.91 Å². The molecule has 2 aromatic rings. The molecule has 0 saturated carbocycles. The highest BCUT2D eigenvalue weighted by Gasteiger charge is 2.14. The van der Waals surface area contributed by atoms with Gasteiger partial charge in [-0.15, -0.1) is 5.10 Å². The first-order valence-corrected chi connectivity index (χ1v) is 7.32. The summed E-state index contributed by atoms with van der Waals surface area (Å²) >= 11 is 11.9. The molecule has 1 amide bonds. The van der Waals surface area contributed by atoms with Crippen molar-refractivity contribution in [2.75, 3.05) is 6.61 Å². The molecule has 0 unspecified atom stereocenters. The molecule has 0 bridgehead atoms. The van der Waals surface area contributed by atoms with Crippen LogP contribution in [-0.2, 0) is 20.9 Å². The maximum atomic E-state index is 11.8. The second kappa shape index (κ2) is 7.89. The summed E-state index contributed by atoms with van der Waals surface area (Å²) in [5, 5.41) is 13.9. The van der Waals surface area contributed by atoms with Crippen LogP contribution < -0.4 is 5.32 Å². The summed E-state index contributed by atoms with van der Waals surface area (Å²) in [5.74, 6) is -1.07. The van der Waals surface area contributed by atoms with Gasteiger partial charge in [-0.05, 0) is 35.0 Å². The third kappa shape index (κ3) is 5.19. The quantitative estimate of drug-likeness (QED) is 0.784. The van der Waals surface area contributed by atoms with Gasteiger partial charge in [-0.25, -0.2) is 4.68 Å². The zero-order valence-corrected chi connectivity index (χ0v) is 13.6. The van der Waals surface area contributed by atoms with Crippen LogP contribution in [0.15, 0.2) is 24.5 Å². The zero-order valence-electron chi connectivity index (χ0n) is 12.1. The summed E-state index contributed by atoms with van der Waals surface area (Å²) in [6.45, 7) is 1.19. The number of benzene rings is 1. The maximum Gasteiger partial charge on any atom is 0.328 e. The minimum absolute atomic E-state index is 0.168. The fourth-order valence-electron chi connectivity index (χ4n) is 1.79. The van der Waals surface area contributed by atoms with Gasteiger partial charge in [-0.2, -0.15) is 0 Å². The molecule has 0 aliphatic rings. The predicted octanol–water partition coefficient (Wildman–Crippen LogP) is 1.40. The van der Waals surface area contributed by atoms with Gasteiger partial charge in [-0.1, -0.05) is 29.3 Å². The lowest BCUT2D eigenvalue weighted by Gasteiger charge is -2.16. The van der Waals surface area contributed by atoms with Gasteiger partial charge in [0.05, 0.1) is 6.04 Å². The second-order valence-corrected chi connectivity index (χ2v) is 5.47. The minimum atomic E-state index is -0.621. The monoisotopic (exact) mass is 357 g/mol. The van der Waals surface area contributed by atoms with Crippen LogP contribution in [0.4, 0.5) is 0 Å². The summed E-state index contributed by atoms with van der Waals surface area (Å²) in [6.07, 6.45) is 1.27. The first-order chi connectivity index (χ1) is 11.0. The van der Waals surface area contributed by atoms with Crippen molar-refractivity contribution in [2.24, 2.45) is 0 Å². The lowest BCUT2D eigenvalue weighted by Crippen LogP contribution is -2.31. The molecule has 0 aliphatic carbocycles. The molecule has 10 heteroatoms. The standard InChI is InChI=1S/C13H13Cl2N5O3/c1-8(10-3-2-9(14)4-11(10)15)17-12(21)6-23-13(22)5-20-7-16-18-19-20/h2-4,7-8H,5-6H2,1H3,(H,17,21)/t8-/m1/s1. The van der Waals surface area contributed by atoms with Crippen LogP contribution in [0.1, 0.15) is 18.5 Å². The van der Waals surface area contributed by atoms with Gasteiger partial charge in [0.15, 0.2) is 6.61 Å². The Morgan fingerprint density at radius 3 is 2.83 bits per heavy atom. The number of ether oxygens (including phenoxy) is 1. The van der Waals surface area contributed by atoms with E-state index in [2.05, 4.69) is 20.8 Å². The van der Waals surface area contributed by atoms with Crippen molar-refractivity contribution in [3.8, 4) is 0 Å². The molecule has 1 heterocycles. The topological polar surface area (TPSA) is 99.0 Å². The van der Waals surface area contributed by atoms with E-state index >= 15 is 0 Å². The normalized spacial score (nSPS) is 11.8.